The molecule has 6 nitrogen and oxygen atoms in total. The Morgan fingerprint density at radius 1 is 1.19 bits per heavy atom. The number of amides is 2. The summed E-state index contributed by atoms with van der Waals surface area (Å²) in [4.78, 5) is 28.0. The maximum Gasteiger partial charge on any atom is 0.416 e. The molecular weight excluding hydrogens is 431 g/mol. The highest BCUT2D eigenvalue weighted by atomic mass is 32.1. The van der Waals surface area contributed by atoms with E-state index >= 15 is 0 Å². The van der Waals surface area contributed by atoms with E-state index in [1.807, 2.05) is 0 Å². The van der Waals surface area contributed by atoms with E-state index in [-0.39, 0.29) is 28.0 Å². The van der Waals surface area contributed by atoms with Gasteiger partial charge in [0, 0.05) is 18.8 Å². The summed E-state index contributed by atoms with van der Waals surface area (Å²) in [6, 6.07) is 2.46. The third kappa shape index (κ3) is 4.53. The van der Waals surface area contributed by atoms with Crippen LogP contribution in [-0.4, -0.2) is 45.1 Å². The number of hydrogen-bond donors (Lipinski definition) is 2. The van der Waals surface area contributed by atoms with Crippen molar-refractivity contribution < 1.29 is 27.9 Å². The fourth-order valence-electron chi connectivity index (χ4n) is 4.30. The van der Waals surface area contributed by atoms with Crippen LogP contribution in [0.25, 0.3) is 0 Å². The van der Waals surface area contributed by atoms with Crippen molar-refractivity contribution in [2.45, 2.75) is 57.3 Å². The summed E-state index contributed by atoms with van der Waals surface area (Å²) in [6.07, 6.45) is -0.212. The van der Waals surface area contributed by atoms with Gasteiger partial charge in [-0.1, -0.05) is 37.5 Å². The number of carbonyl (C=O) groups is 2. The number of aliphatic carboxylic acids is 1. The summed E-state index contributed by atoms with van der Waals surface area (Å²) in [5.74, 6) is -1.42. The highest BCUT2D eigenvalue weighted by Crippen LogP contribution is 2.41. The van der Waals surface area contributed by atoms with Gasteiger partial charge in [0.05, 0.1) is 11.1 Å². The number of halogens is 3. The van der Waals surface area contributed by atoms with Gasteiger partial charge in [0.15, 0.2) is 5.11 Å². The zero-order valence-electron chi connectivity index (χ0n) is 17.2. The van der Waals surface area contributed by atoms with Crippen molar-refractivity contribution in [3.8, 4) is 0 Å². The Morgan fingerprint density at radius 3 is 2.39 bits per heavy atom. The molecule has 1 aliphatic heterocycles. The lowest BCUT2D eigenvalue weighted by molar-refractivity contribution is -0.139. The van der Waals surface area contributed by atoms with Crippen LogP contribution in [0.2, 0.25) is 0 Å². The van der Waals surface area contributed by atoms with E-state index in [9.17, 15) is 27.9 Å². The first-order valence-electron chi connectivity index (χ1n) is 10.0. The minimum absolute atomic E-state index is 0.0807. The van der Waals surface area contributed by atoms with Crippen molar-refractivity contribution in [2.24, 2.45) is 0 Å². The summed E-state index contributed by atoms with van der Waals surface area (Å²) in [7, 11) is 1.58. The second-order valence-corrected chi connectivity index (χ2v) is 8.20. The van der Waals surface area contributed by atoms with Crippen LogP contribution in [0.15, 0.2) is 35.5 Å². The largest absolute Gasteiger partial charge is 0.478 e. The van der Waals surface area contributed by atoms with Gasteiger partial charge < -0.3 is 15.3 Å². The van der Waals surface area contributed by atoms with Crippen LogP contribution >= 0.6 is 12.2 Å². The monoisotopic (exact) mass is 455 g/mol. The van der Waals surface area contributed by atoms with Crippen LogP contribution in [0, 0.1) is 0 Å². The maximum absolute atomic E-state index is 13.8. The fourth-order valence-corrected chi connectivity index (χ4v) is 4.63. The minimum atomic E-state index is -4.73. The average molecular weight is 456 g/mol. The molecule has 1 aromatic rings. The Balaban J connectivity index is 2.14. The van der Waals surface area contributed by atoms with E-state index in [0.717, 1.165) is 43.1 Å². The molecule has 3 rings (SSSR count). The third-order valence-electron chi connectivity index (χ3n) is 5.87. The van der Waals surface area contributed by atoms with E-state index in [1.165, 1.54) is 30.0 Å². The second-order valence-electron chi connectivity index (χ2n) is 7.82. The number of alkyl halides is 3. The Bertz CT molecular complexity index is 926. The first-order chi connectivity index (χ1) is 14.5. The topological polar surface area (TPSA) is 72.9 Å². The van der Waals surface area contributed by atoms with E-state index in [4.69, 9.17) is 12.2 Å². The van der Waals surface area contributed by atoms with Crippen molar-refractivity contribution in [2.75, 3.05) is 7.05 Å². The Kier molecular flexibility index (Phi) is 6.59. The van der Waals surface area contributed by atoms with Gasteiger partial charge in [-0.2, -0.15) is 13.2 Å². The van der Waals surface area contributed by atoms with Crippen molar-refractivity contribution in [3.05, 3.63) is 46.7 Å². The number of nitrogens with zero attached hydrogens (tertiary/aromatic N) is 2. The van der Waals surface area contributed by atoms with Gasteiger partial charge in [-0.05, 0) is 43.6 Å². The molecule has 0 aromatic heterocycles. The second kappa shape index (κ2) is 8.86. The first-order valence-corrected chi connectivity index (χ1v) is 10.4. The molecule has 0 radical (unpaired) electrons. The number of thiocarbonyl (C=S) groups is 1. The highest BCUT2D eigenvalue weighted by molar-refractivity contribution is 7.80. The molecule has 1 unspecified atom stereocenters. The molecule has 0 saturated heterocycles. The van der Waals surface area contributed by atoms with Gasteiger partial charge in [-0.3, -0.25) is 4.90 Å². The van der Waals surface area contributed by atoms with Crippen molar-refractivity contribution >= 4 is 29.3 Å². The molecule has 31 heavy (non-hydrogen) atoms. The maximum atomic E-state index is 13.8. The van der Waals surface area contributed by atoms with Crippen LogP contribution < -0.4 is 5.32 Å². The van der Waals surface area contributed by atoms with Gasteiger partial charge in [0.1, 0.15) is 6.04 Å². The van der Waals surface area contributed by atoms with Crippen molar-refractivity contribution in [1.29, 1.82) is 0 Å². The summed E-state index contributed by atoms with van der Waals surface area (Å²) >= 11 is 5.31. The molecule has 1 aromatic carbocycles. The Hall–Kier alpha value is -2.62. The average Bonchev–Trinajstić information content (AvgIpc) is 2.72. The predicted molar refractivity (Wildman–Crippen MR) is 112 cm³/mol. The van der Waals surface area contributed by atoms with Crippen LogP contribution in [0.5, 0.6) is 0 Å². The number of carboxylic acids is 1. The van der Waals surface area contributed by atoms with Crippen LogP contribution in [0.1, 0.15) is 56.2 Å². The summed E-state index contributed by atoms with van der Waals surface area (Å²) < 4.78 is 41.3. The van der Waals surface area contributed by atoms with Gasteiger partial charge in [0.2, 0.25) is 0 Å². The molecule has 1 heterocycles. The quantitative estimate of drug-likeness (QED) is 0.648. The molecule has 168 valence electrons. The van der Waals surface area contributed by atoms with Gasteiger partial charge in [-0.25, -0.2) is 9.59 Å². The molecular formula is C21H24F3N3O3S. The molecule has 0 bridgehead atoms. The first kappa shape index (κ1) is 23.1. The third-order valence-corrected chi connectivity index (χ3v) is 6.17. The SMILES string of the molecule is CC1=C(C(=O)O)C(c2ccccc2C(F)(F)F)N(C(=O)N(C)C2CCCCC2)C(=S)N1. The van der Waals surface area contributed by atoms with Crippen molar-refractivity contribution in [1.82, 2.24) is 15.1 Å². The van der Waals surface area contributed by atoms with Crippen molar-refractivity contribution in [3.63, 3.8) is 0 Å². The molecule has 2 aliphatic rings. The van der Waals surface area contributed by atoms with E-state index in [0.29, 0.717) is 0 Å². The summed E-state index contributed by atoms with van der Waals surface area (Å²) in [5.41, 5.74) is -1.59. The lowest BCUT2D eigenvalue weighted by Crippen LogP contribution is -2.56. The lowest BCUT2D eigenvalue weighted by Gasteiger charge is -2.42. The number of carboxylic acid groups (broad SMARTS) is 1. The molecule has 2 N–H and O–H groups in total. The highest BCUT2D eigenvalue weighted by Gasteiger charge is 2.45. The van der Waals surface area contributed by atoms with Gasteiger partial charge >= 0.3 is 18.2 Å². The molecule has 1 atom stereocenters. The summed E-state index contributed by atoms with van der Waals surface area (Å²) in [6.45, 7) is 1.42. The number of rotatable bonds is 3. The predicted octanol–water partition coefficient (Wildman–Crippen LogP) is 4.68. The van der Waals surface area contributed by atoms with E-state index < -0.39 is 29.8 Å². The number of urea groups is 1. The fraction of sp³-hybridized carbons (Fsp3) is 0.476. The van der Waals surface area contributed by atoms with Crippen LogP contribution in [0.4, 0.5) is 18.0 Å². The molecule has 1 fully saturated rings. The number of benzene rings is 1. The van der Waals surface area contributed by atoms with Crippen LogP contribution in [0.3, 0.4) is 0 Å². The normalized spacial score (nSPS) is 20.5. The number of allylic oxidation sites excluding steroid dienone is 1. The molecule has 1 aliphatic carbocycles. The number of nitrogens with one attached hydrogen (secondary N) is 1. The molecule has 0 spiro atoms. The lowest BCUT2D eigenvalue weighted by atomic mass is 9.90. The van der Waals surface area contributed by atoms with Crippen LogP contribution in [-0.2, 0) is 11.0 Å². The minimum Gasteiger partial charge on any atom is -0.478 e. The standard InChI is InChI=1S/C21H24F3N3O3S/c1-12-16(18(28)29)17(14-10-6-7-11-15(14)21(22,23)24)27(19(31)25-12)20(30)26(2)13-8-4-3-5-9-13/h6-7,10-11,13,17H,3-5,8-9H2,1-2H3,(H,25,31)(H,28,29). The summed E-state index contributed by atoms with van der Waals surface area (Å²) in [5, 5.41) is 12.4. The van der Waals surface area contributed by atoms with E-state index in [2.05, 4.69) is 5.32 Å². The zero-order valence-corrected chi connectivity index (χ0v) is 18.0. The van der Waals surface area contributed by atoms with Gasteiger partial charge in [-0.15, -0.1) is 0 Å². The molecule has 1 saturated carbocycles. The Morgan fingerprint density at radius 2 is 1.81 bits per heavy atom. The van der Waals surface area contributed by atoms with Gasteiger partial charge in [0.25, 0.3) is 0 Å². The zero-order chi connectivity index (χ0) is 22.9. The molecule has 2 amide bonds. The smallest absolute Gasteiger partial charge is 0.416 e. The molecule has 10 heteroatoms. The van der Waals surface area contributed by atoms with E-state index in [1.54, 1.807) is 7.05 Å². The number of carbonyl (C=O) groups excluding carboxylic acids is 1. The Labute approximate surface area is 183 Å². The number of hydrogen-bond acceptors (Lipinski definition) is 3.